The molecule has 0 spiro atoms. The van der Waals surface area contributed by atoms with Gasteiger partial charge in [0.2, 0.25) is 15.9 Å². The van der Waals surface area contributed by atoms with Crippen LogP contribution < -0.4 is 10.6 Å². The van der Waals surface area contributed by atoms with E-state index in [1.807, 2.05) is 37.3 Å². The van der Waals surface area contributed by atoms with Gasteiger partial charge in [-0.2, -0.15) is 4.31 Å². The highest BCUT2D eigenvalue weighted by Gasteiger charge is 2.27. The van der Waals surface area contributed by atoms with Crippen molar-refractivity contribution in [2.24, 2.45) is 0 Å². The third-order valence-corrected chi connectivity index (χ3v) is 6.93. The van der Waals surface area contributed by atoms with Crippen LogP contribution >= 0.6 is 0 Å². The molecule has 28 heavy (non-hydrogen) atoms. The van der Waals surface area contributed by atoms with E-state index in [9.17, 15) is 13.2 Å². The van der Waals surface area contributed by atoms with Crippen LogP contribution in [0.5, 0.6) is 0 Å². The molecule has 1 aliphatic heterocycles. The fraction of sp³-hybridized carbons (Fsp3) is 0.381. The average molecular weight is 402 g/mol. The van der Waals surface area contributed by atoms with Crippen molar-refractivity contribution in [3.63, 3.8) is 0 Å². The Morgan fingerprint density at radius 3 is 2.18 bits per heavy atom. The molecule has 1 saturated heterocycles. The quantitative estimate of drug-likeness (QED) is 0.747. The summed E-state index contributed by atoms with van der Waals surface area (Å²) in [6.07, 6.45) is 1.80. The Morgan fingerprint density at radius 2 is 1.57 bits per heavy atom. The number of rotatable bonds is 7. The van der Waals surface area contributed by atoms with Gasteiger partial charge in [0.05, 0.1) is 10.9 Å². The zero-order chi connectivity index (χ0) is 20.1. The lowest BCUT2D eigenvalue weighted by Crippen LogP contribution is -2.39. The highest BCUT2D eigenvalue weighted by atomic mass is 32.2. The summed E-state index contributed by atoms with van der Waals surface area (Å²) in [6, 6.07) is 15.9. The van der Waals surface area contributed by atoms with E-state index >= 15 is 0 Å². The van der Waals surface area contributed by atoms with Crippen LogP contribution in [0.4, 0.5) is 5.69 Å². The molecule has 150 valence electrons. The summed E-state index contributed by atoms with van der Waals surface area (Å²) in [5, 5.41) is 6.11. The van der Waals surface area contributed by atoms with Gasteiger partial charge in [-0.05, 0) is 56.5 Å². The molecule has 0 aliphatic carbocycles. The zero-order valence-corrected chi connectivity index (χ0v) is 17.1. The number of hydrogen-bond donors (Lipinski definition) is 2. The van der Waals surface area contributed by atoms with Crippen LogP contribution in [0.15, 0.2) is 59.5 Å². The molecule has 3 rings (SSSR count). The molecule has 2 aromatic rings. The van der Waals surface area contributed by atoms with E-state index in [-0.39, 0.29) is 16.8 Å². The number of sulfonamides is 1. The van der Waals surface area contributed by atoms with Crippen LogP contribution in [0, 0.1) is 0 Å². The number of nitrogens with one attached hydrogen (secondary N) is 2. The standard InChI is InChI=1S/C21H27N3O3S/c1-16(18-8-4-3-5-9-18)22-17(2)21(25)23-19-10-12-20(13-11-19)28(26,27)24-14-6-7-15-24/h3-5,8-13,16-17,22H,6-7,14-15H2,1-2H3,(H,23,25)/t16-,17+/m0/s1. The molecule has 1 aliphatic rings. The Balaban J connectivity index is 1.59. The highest BCUT2D eigenvalue weighted by molar-refractivity contribution is 7.89. The number of amides is 1. The van der Waals surface area contributed by atoms with Gasteiger partial charge >= 0.3 is 0 Å². The second-order valence-electron chi connectivity index (χ2n) is 7.15. The van der Waals surface area contributed by atoms with Crippen molar-refractivity contribution in [2.75, 3.05) is 18.4 Å². The van der Waals surface area contributed by atoms with Crippen molar-refractivity contribution < 1.29 is 13.2 Å². The molecule has 7 heteroatoms. The maximum absolute atomic E-state index is 12.6. The highest BCUT2D eigenvalue weighted by Crippen LogP contribution is 2.22. The molecule has 6 nitrogen and oxygen atoms in total. The Morgan fingerprint density at radius 1 is 0.964 bits per heavy atom. The van der Waals surface area contributed by atoms with Gasteiger partial charge in [0.1, 0.15) is 0 Å². The van der Waals surface area contributed by atoms with Crippen LogP contribution in [0.3, 0.4) is 0 Å². The number of nitrogens with zero attached hydrogens (tertiary/aromatic N) is 1. The first kappa shape index (κ1) is 20.5. The van der Waals surface area contributed by atoms with E-state index in [4.69, 9.17) is 0 Å². The number of benzene rings is 2. The third kappa shape index (κ3) is 4.79. The lowest BCUT2D eigenvalue weighted by Gasteiger charge is -2.20. The lowest BCUT2D eigenvalue weighted by molar-refractivity contribution is -0.117. The summed E-state index contributed by atoms with van der Waals surface area (Å²) in [5.41, 5.74) is 1.69. The number of carbonyl (C=O) groups excluding carboxylic acids is 1. The van der Waals surface area contributed by atoms with Crippen LogP contribution in [-0.2, 0) is 14.8 Å². The number of hydrogen-bond acceptors (Lipinski definition) is 4. The molecule has 0 bridgehead atoms. The normalized spacial score (nSPS) is 17.2. The Kier molecular flexibility index (Phi) is 6.49. The number of carbonyl (C=O) groups is 1. The summed E-state index contributed by atoms with van der Waals surface area (Å²) >= 11 is 0. The summed E-state index contributed by atoms with van der Waals surface area (Å²) in [7, 11) is -3.44. The van der Waals surface area contributed by atoms with Gasteiger partial charge in [-0.15, -0.1) is 0 Å². The van der Waals surface area contributed by atoms with Crippen molar-refractivity contribution in [3.8, 4) is 0 Å². The van der Waals surface area contributed by atoms with Gasteiger partial charge < -0.3 is 5.32 Å². The van der Waals surface area contributed by atoms with E-state index in [0.29, 0.717) is 18.8 Å². The summed E-state index contributed by atoms with van der Waals surface area (Å²) in [6.45, 7) is 4.96. The topological polar surface area (TPSA) is 78.5 Å². The first-order chi connectivity index (χ1) is 13.4. The van der Waals surface area contributed by atoms with E-state index < -0.39 is 16.1 Å². The maximum atomic E-state index is 12.6. The predicted octanol–water partition coefficient (Wildman–Crippen LogP) is 3.15. The molecular weight excluding hydrogens is 374 g/mol. The van der Waals surface area contributed by atoms with E-state index in [2.05, 4.69) is 10.6 Å². The predicted molar refractivity (Wildman–Crippen MR) is 111 cm³/mol. The van der Waals surface area contributed by atoms with Gasteiger partial charge in [-0.1, -0.05) is 30.3 Å². The molecule has 2 aromatic carbocycles. The van der Waals surface area contributed by atoms with Gasteiger partial charge in [-0.3, -0.25) is 10.1 Å². The summed E-state index contributed by atoms with van der Waals surface area (Å²) in [5.74, 6) is -0.169. The molecule has 0 radical (unpaired) electrons. The van der Waals surface area contributed by atoms with Crippen LogP contribution in [-0.4, -0.2) is 37.8 Å². The maximum Gasteiger partial charge on any atom is 0.243 e. The van der Waals surface area contributed by atoms with Crippen LogP contribution in [0.1, 0.15) is 38.3 Å². The molecule has 2 N–H and O–H groups in total. The Labute approximate surface area is 167 Å². The van der Waals surface area contributed by atoms with Gasteiger partial charge in [-0.25, -0.2) is 8.42 Å². The molecule has 1 heterocycles. The monoisotopic (exact) mass is 401 g/mol. The Bertz CT molecular complexity index is 892. The Hall–Kier alpha value is -2.22. The second kappa shape index (κ2) is 8.86. The van der Waals surface area contributed by atoms with Crippen LogP contribution in [0.2, 0.25) is 0 Å². The molecule has 2 atom stereocenters. The molecule has 0 saturated carbocycles. The first-order valence-corrected chi connectivity index (χ1v) is 11.0. The molecular formula is C21H27N3O3S. The molecule has 0 unspecified atom stereocenters. The fourth-order valence-corrected chi connectivity index (χ4v) is 4.84. The van der Waals surface area contributed by atoms with Gasteiger partial charge in [0, 0.05) is 24.8 Å². The second-order valence-corrected chi connectivity index (χ2v) is 9.08. The van der Waals surface area contributed by atoms with E-state index in [0.717, 1.165) is 18.4 Å². The van der Waals surface area contributed by atoms with E-state index in [1.165, 1.54) is 4.31 Å². The minimum absolute atomic E-state index is 0.0370. The minimum Gasteiger partial charge on any atom is -0.325 e. The molecule has 1 fully saturated rings. The molecule has 0 aromatic heterocycles. The van der Waals surface area contributed by atoms with Crippen molar-refractivity contribution in [1.29, 1.82) is 0 Å². The van der Waals surface area contributed by atoms with Crippen molar-refractivity contribution in [2.45, 2.75) is 43.7 Å². The summed E-state index contributed by atoms with van der Waals surface area (Å²) in [4.78, 5) is 12.7. The van der Waals surface area contributed by atoms with Gasteiger partial charge in [0.15, 0.2) is 0 Å². The van der Waals surface area contributed by atoms with Crippen molar-refractivity contribution in [1.82, 2.24) is 9.62 Å². The average Bonchev–Trinajstić information content (AvgIpc) is 3.25. The zero-order valence-electron chi connectivity index (χ0n) is 16.3. The molecule has 1 amide bonds. The lowest BCUT2D eigenvalue weighted by atomic mass is 10.1. The first-order valence-electron chi connectivity index (χ1n) is 9.60. The SMILES string of the molecule is C[C@H](N[C@H](C)C(=O)Nc1ccc(S(=O)(=O)N2CCCC2)cc1)c1ccccc1. The number of anilines is 1. The van der Waals surface area contributed by atoms with Crippen molar-refractivity contribution >= 4 is 21.6 Å². The third-order valence-electron chi connectivity index (χ3n) is 5.02. The smallest absolute Gasteiger partial charge is 0.243 e. The van der Waals surface area contributed by atoms with Gasteiger partial charge in [0.25, 0.3) is 0 Å². The largest absolute Gasteiger partial charge is 0.325 e. The van der Waals surface area contributed by atoms with E-state index in [1.54, 1.807) is 31.2 Å². The minimum atomic E-state index is -3.44. The van der Waals surface area contributed by atoms with Crippen molar-refractivity contribution in [3.05, 3.63) is 60.2 Å². The summed E-state index contributed by atoms with van der Waals surface area (Å²) < 4.78 is 26.6. The van der Waals surface area contributed by atoms with Crippen LogP contribution in [0.25, 0.3) is 0 Å². The fourth-order valence-electron chi connectivity index (χ4n) is 3.33.